The molecule has 0 aliphatic heterocycles. The Kier molecular flexibility index (Phi) is 4.95. The van der Waals surface area contributed by atoms with Crippen LogP contribution in [-0.4, -0.2) is 36.2 Å². The minimum absolute atomic E-state index is 0.363. The Labute approximate surface area is 108 Å². The van der Waals surface area contributed by atoms with Crippen LogP contribution in [0.2, 0.25) is 0 Å². The molecule has 4 N–H and O–H groups in total. The normalized spacial score (nSPS) is 17.1. The second-order valence-electron chi connectivity index (χ2n) is 5.61. The van der Waals surface area contributed by atoms with Crippen molar-refractivity contribution in [2.75, 3.05) is 6.54 Å². The van der Waals surface area contributed by atoms with Gasteiger partial charge in [0, 0.05) is 12.6 Å². The van der Waals surface area contributed by atoms with Gasteiger partial charge in [0.05, 0.1) is 6.04 Å². The van der Waals surface area contributed by atoms with E-state index in [0.29, 0.717) is 19.0 Å². The molecule has 0 radical (unpaired) electrons. The topological polar surface area (TPSA) is 93.4 Å². The lowest BCUT2D eigenvalue weighted by atomic mass is 10.2. The van der Waals surface area contributed by atoms with Gasteiger partial charge >= 0.3 is 6.09 Å². The Balaban J connectivity index is 2.21. The highest BCUT2D eigenvalue weighted by Gasteiger charge is 2.27. The first kappa shape index (κ1) is 14.8. The van der Waals surface area contributed by atoms with Crippen molar-refractivity contribution in [2.45, 2.75) is 57.7 Å². The minimum atomic E-state index is -0.514. The molecule has 1 atom stereocenters. The van der Waals surface area contributed by atoms with E-state index >= 15 is 0 Å². The first-order valence-corrected chi connectivity index (χ1v) is 6.30. The maximum Gasteiger partial charge on any atom is 0.407 e. The summed E-state index contributed by atoms with van der Waals surface area (Å²) in [6.07, 6.45) is 2.18. The second kappa shape index (κ2) is 6.04. The highest BCUT2D eigenvalue weighted by molar-refractivity contribution is 5.80. The monoisotopic (exact) mass is 257 g/mol. The highest BCUT2D eigenvalue weighted by atomic mass is 16.6. The molecule has 0 aromatic carbocycles. The number of carbonyl (C=O) groups is 2. The second-order valence-corrected chi connectivity index (χ2v) is 5.61. The maximum atomic E-state index is 11.4. The summed E-state index contributed by atoms with van der Waals surface area (Å²) in [6.45, 7) is 5.76. The van der Waals surface area contributed by atoms with Crippen molar-refractivity contribution in [3.8, 4) is 0 Å². The summed E-state index contributed by atoms with van der Waals surface area (Å²) in [5.41, 5.74) is 4.77. The molecule has 2 amide bonds. The van der Waals surface area contributed by atoms with E-state index in [9.17, 15) is 9.59 Å². The van der Waals surface area contributed by atoms with Gasteiger partial charge in [0.2, 0.25) is 5.91 Å². The van der Waals surface area contributed by atoms with Gasteiger partial charge in [-0.3, -0.25) is 4.79 Å². The van der Waals surface area contributed by atoms with Crippen LogP contribution in [0.3, 0.4) is 0 Å². The number of rotatable bonds is 6. The van der Waals surface area contributed by atoms with E-state index in [2.05, 4.69) is 10.6 Å². The molecular weight excluding hydrogens is 234 g/mol. The van der Waals surface area contributed by atoms with Crippen LogP contribution in [0.4, 0.5) is 4.79 Å². The molecule has 0 heterocycles. The van der Waals surface area contributed by atoms with Crippen molar-refractivity contribution in [3.05, 3.63) is 0 Å². The number of nitrogens with two attached hydrogens (primary N) is 1. The number of alkyl carbamates (subject to hydrolysis) is 1. The number of amides is 2. The zero-order valence-electron chi connectivity index (χ0n) is 11.3. The van der Waals surface area contributed by atoms with Crippen LogP contribution in [0.25, 0.3) is 0 Å². The SMILES string of the molecule is CC(C)(C)OC(=O)NCCC(NC1CC1)C(N)=O. The number of hydrogen-bond acceptors (Lipinski definition) is 4. The van der Waals surface area contributed by atoms with Crippen LogP contribution < -0.4 is 16.4 Å². The van der Waals surface area contributed by atoms with Crippen molar-refractivity contribution in [1.82, 2.24) is 10.6 Å². The van der Waals surface area contributed by atoms with Gasteiger partial charge in [0.25, 0.3) is 0 Å². The summed E-state index contributed by atoms with van der Waals surface area (Å²) in [4.78, 5) is 22.6. The van der Waals surface area contributed by atoms with Crippen LogP contribution in [0.1, 0.15) is 40.0 Å². The Morgan fingerprint density at radius 1 is 1.39 bits per heavy atom. The summed E-state index contributed by atoms with van der Waals surface area (Å²) in [5.74, 6) is -0.382. The van der Waals surface area contributed by atoms with Gasteiger partial charge in [-0.15, -0.1) is 0 Å². The van der Waals surface area contributed by atoms with Crippen LogP contribution in [0.15, 0.2) is 0 Å². The van der Waals surface area contributed by atoms with Crippen molar-refractivity contribution in [1.29, 1.82) is 0 Å². The Hall–Kier alpha value is -1.30. The fourth-order valence-electron chi connectivity index (χ4n) is 1.47. The maximum absolute atomic E-state index is 11.4. The smallest absolute Gasteiger partial charge is 0.407 e. The van der Waals surface area contributed by atoms with Crippen molar-refractivity contribution < 1.29 is 14.3 Å². The molecular formula is C12H23N3O3. The fraction of sp³-hybridized carbons (Fsp3) is 0.833. The van der Waals surface area contributed by atoms with E-state index in [1.807, 2.05) is 0 Å². The molecule has 1 rings (SSSR count). The quantitative estimate of drug-likeness (QED) is 0.646. The van der Waals surface area contributed by atoms with Crippen molar-refractivity contribution in [3.63, 3.8) is 0 Å². The molecule has 1 fully saturated rings. The first-order chi connectivity index (χ1) is 8.28. The van der Waals surface area contributed by atoms with Gasteiger partial charge < -0.3 is 21.1 Å². The Morgan fingerprint density at radius 2 is 2.00 bits per heavy atom. The fourth-order valence-corrected chi connectivity index (χ4v) is 1.47. The molecule has 104 valence electrons. The van der Waals surface area contributed by atoms with E-state index in [-0.39, 0.29) is 11.9 Å². The summed E-state index contributed by atoms with van der Waals surface area (Å²) >= 11 is 0. The third-order valence-electron chi connectivity index (χ3n) is 2.46. The molecule has 6 nitrogen and oxygen atoms in total. The van der Waals surface area contributed by atoms with Crippen molar-refractivity contribution >= 4 is 12.0 Å². The summed E-state index contributed by atoms with van der Waals surface area (Å²) in [5, 5.41) is 5.75. The number of hydrogen-bond donors (Lipinski definition) is 3. The van der Waals surface area contributed by atoms with Crippen LogP contribution in [0, 0.1) is 0 Å². The van der Waals surface area contributed by atoms with Gasteiger partial charge in [-0.05, 0) is 40.0 Å². The van der Waals surface area contributed by atoms with Gasteiger partial charge in [-0.25, -0.2) is 4.79 Å². The molecule has 0 bridgehead atoms. The molecule has 18 heavy (non-hydrogen) atoms. The Morgan fingerprint density at radius 3 is 2.44 bits per heavy atom. The number of nitrogens with one attached hydrogen (secondary N) is 2. The van der Waals surface area contributed by atoms with E-state index in [1.54, 1.807) is 20.8 Å². The standard InChI is InChI=1S/C12H23N3O3/c1-12(2,3)18-11(17)14-7-6-9(10(13)16)15-8-4-5-8/h8-9,15H,4-7H2,1-3H3,(H2,13,16)(H,14,17). The van der Waals surface area contributed by atoms with Crippen LogP contribution in [-0.2, 0) is 9.53 Å². The van der Waals surface area contributed by atoms with Gasteiger partial charge in [-0.2, -0.15) is 0 Å². The summed E-state index contributed by atoms with van der Waals surface area (Å²) < 4.78 is 5.09. The minimum Gasteiger partial charge on any atom is -0.444 e. The lowest BCUT2D eigenvalue weighted by molar-refractivity contribution is -0.120. The average molecular weight is 257 g/mol. The molecule has 1 aliphatic rings. The number of ether oxygens (including phenoxy) is 1. The average Bonchev–Trinajstić information content (AvgIpc) is 2.96. The van der Waals surface area contributed by atoms with Crippen LogP contribution >= 0.6 is 0 Å². The van der Waals surface area contributed by atoms with Gasteiger partial charge in [0.15, 0.2) is 0 Å². The van der Waals surface area contributed by atoms with E-state index in [1.165, 1.54) is 0 Å². The molecule has 0 spiro atoms. The number of primary amides is 1. The van der Waals surface area contributed by atoms with Gasteiger partial charge in [-0.1, -0.05) is 0 Å². The third kappa shape index (κ3) is 6.44. The lowest BCUT2D eigenvalue weighted by Crippen LogP contribution is -2.45. The highest BCUT2D eigenvalue weighted by Crippen LogP contribution is 2.19. The van der Waals surface area contributed by atoms with Crippen molar-refractivity contribution in [2.24, 2.45) is 5.73 Å². The van der Waals surface area contributed by atoms with E-state index in [4.69, 9.17) is 10.5 Å². The largest absolute Gasteiger partial charge is 0.444 e. The molecule has 0 aromatic rings. The lowest BCUT2D eigenvalue weighted by Gasteiger charge is -2.20. The molecule has 0 aromatic heterocycles. The van der Waals surface area contributed by atoms with Crippen LogP contribution in [0.5, 0.6) is 0 Å². The molecule has 1 aliphatic carbocycles. The summed E-state index contributed by atoms with van der Waals surface area (Å²) in [7, 11) is 0. The molecule has 1 saturated carbocycles. The zero-order valence-corrected chi connectivity index (χ0v) is 11.3. The third-order valence-corrected chi connectivity index (χ3v) is 2.46. The van der Waals surface area contributed by atoms with E-state index in [0.717, 1.165) is 12.8 Å². The predicted molar refractivity (Wildman–Crippen MR) is 68.0 cm³/mol. The zero-order chi connectivity index (χ0) is 13.8. The Bertz CT molecular complexity index is 308. The molecule has 6 heteroatoms. The molecule has 0 saturated heterocycles. The van der Waals surface area contributed by atoms with Gasteiger partial charge in [0.1, 0.15) is 5.60 Å². The molecule has 1 unspecified atom stereocenters. The van der Waals surface area contributed by atoms with E-state index < -0.39 is 11.7 Å². The summed E-state index contributed by atoms with van der Waals surface area (Å²) in [6, 6.07) is 0.0245. The number of carbonyl (C=O) groups excluding carboxylic acids is 2. The first-order valence-electron chi connectivity index (χ1n) is 6.30. The predicted octanol–water partition coefficient (Wildman–Crippen LogP) is 0.507.